The maximum Gasteiger partial charge on any atom is 0.227 e. The molecule has 0 atom stereocenters. The Hall–Kier alpha value is -2.69. The minimum absolute atomic E-state index is 0. The molecule has 8 nitrogen and oxygen atoms in total. The van der Waals surface area contributed by atoms with Crippen molar-refractivity contribution in [1.29, 1.82) is 0 Å². The summed E-state index contributed by atoms with van der Waals surface area (Å²) in [5.41, 5.74) is 2.87. The van der Waals surface area contributed by atoms with Crippen molar-refractivity contribution < 1.29 is 4.79 Å². The Morgan fingerprint density at radius 1 is 1.13 bits per heavy atom. The molecule has 0 aliphatic carbocycles. The van der Waals surface area contributed by atoms with E-state index in [0.29, 0.717) is 19.5 Å². The maximum atomic E-state index is 11.9. The number of fused-ring (bicyclic) bond motifs is 1. The van der Waals surface area contributed by atoms with Crippen molar-refractivity contribution in [2.75, 3.05) is 18.0 Å². The molecule has 4 rings (SSSR count). The van der Waals surface area contributed by atoms with E-state index in [4.69, 9.17) is 0 Å². The van der Waals surface area contributed by atoms with E-state index in [-0.39, 0.29) is 29.9 Å². The monoisotopic (exact) mass is 519 g/mol. The van der Waals surface area contributed by atoms with Gasteiger partial charge in [-0.1, -0.05) is 18.2 Å². The van der Waals surface area contributed by atoms with Crippen LogP contribution in [0.5, 0.6) is 0 Å². The van der Waals surface area contributed by atoms with Crippen LogP contribution in [-0.4, -0.2) is 39.6 Å². The minimum atomic E-state index is 0. The van der Waals surface area contributed by atoms with Crippen molar-refractivity contribution >= 4 is 47.2 Å². The molecule has 0 unspecified atom stereocenters. The van der Waals surface area contributed by atoms with E-state index in [0.717, 1.165) is 48.2 Å². The van der Waals surface area contributed by atoms with Gasteiger partial charge in [0.05, 0.1) is 13.1 Å². The smallest absolute Gasteiger partial charge is 0.227 e. The molecule has 1 saturated heterocycles. The first-order chi connectivity index (χ1) is 14.2. The predicted octanol–water partition coefficient (Wildman–Crippen LogP) is 2.73. The maximum absolute atomic E-state index is 11.9. The van der Waals surface area contributed by atoms with Gasteiger partial charge in [0, 0.05) is 31.4 Å². The lowest BCUT2D eigenvalue weighted by Gasteiger charge is -2.15. The highest BCUT2D eigenvalue weighted by Crippen LogP contribution is 2.21. The van der Waals surface area contributed by atoms with Gasteiger partial charge >= 0.3 is 0 Å². The number of halogens is 1. The number of anilines is 1. The van der Waals surface area contributed by atoms with Crippen LogP contribution in [0.25, 0.3) is 5.65 Å². The van der Waals surface area contributed by atoms with Gasteiger partial charge in [-0.25, -0.2) is 4.99 Å². The first-order valence-electron chi connectivity index (χ1n) is 9.94. The summed E-state index contributed by atoms with van der Waals surface area (Å²) in [7, 11) is 0. The predicted molar refractivity (Wildman–Crippen MR) is 128 cm³/mol. The number of amides is 1. The number of aromatic nitrogens is 3. The third-order valence-electron chi connectivity index (χ3n) is 4.88. The van der Waals surface area contributed by atoms with Gasteiger partial charge in [-0.15, -0.1) is 34.2 Å². The van der Waals surface area contributed by atoms with Crippen molar-refractivity contribution in [3.8, 4) is 0 Å². The third-order valence-corrected chi connectivity index (χ3v) is 4.88. The highest BCUT2D eigenvalue weighted by atomic mass is 127. The van der Waals surface area contributed by atoms with E-state index in [2.05, 4.69) is 25.8 Å². The van der Waals surface area contributed by atoms with Crippen LogP contribution >= 0.6 is 24.0 Å². The number of carbonyl (C=O) groups is 1. The highest BCUT2D eigenvalue weighted by Gasteiger charge is 2.21. The Morgan fingerprint density at radius 2 is 1.97 bits per heavy atom. The molecular weight excluding hydrogens is 493 g/mol. The lowest BCUT2D eigenvalue weighted by Crippen LogP contribution is -2.37. The second kappa shape index (κ2) is 10.4. The van der Waals surface area contributed by atoms with Crippen molar-refractivity contribution in [3.63, 3.8) is 0 Å². The average molecular weight is 519 g/mol. The Bertz CT molecular complexity index is 1020. The lowest BCUT2D eigenvalue weighted by molar-refractivity contribution is -0.117. The fourth-order valence-electron chi connectivity index (χ4n) is 3.39. The van der Waals surface area contributed by atoms with Gasteiger partial charge in [0.25, 0.3) is 0 Å². The molecule has 9 heteroatoms. The van der Waals surface area contributed by atoms with Crippen LogP contribution in [0.4, 0.5) is 5.69 Å². The number of carbonyl (C=O) groups excluding carboxylic acids is 1. The lowest BCUT2D eigenvalue weighted by atomic mass is 10.2. The number of rotatable bonds is 6. The molecular formula is C21H26IN7O. The zero-order chi connectivity index (χ0) is 20.1. The van der Waals surface area contributed by atoms with Crippen molar-refractivity contribution in [3.05, 3.63) is 60.0 Å². The van der Waals surface area contributed by atoms with Crippen LogP contribution in [0.2, 0.25) is 0 Å². The summed E-state index contributed by atoms with van der Waals surface area (Å²) in [4.78, 5) is 18.4. The zero-order valence-corrected chi connectivity index (χ0v) is 19.2. The number of hydrogen-bond acceptors (Lipinski definition) is 4. The fraction of sp³-hybridized carbons (Fsp3) is 0.333. The number of hydrogen-bond donors (Lipinski definition) is 2. The van der Waals surface area contributed by atoms with Crippen molar-refractivity contribution in [1.82, 2.24) is 25.2 Å². The van der Waals surface area contributed by atoms with Crippen molar-refractivity contribution in [2.24, 2.45) is 4.99 Å². The molecule has 1 aliphatic heterocycles. The molecule has 0 radical (unpaired) electrons. The topological polar surface area (TPSA) is 86.9 Å². The first-order valence-corrected chi connectivity index (χ1v) is 9.94. The van der Waals surface area contributed by atoms with Crippen LogP contribution in [0.3, 0.4) is 0 Å². The standard InChI is InChI=1S/C21H25N7O.HI/c1-2-22-21(24-15-19-26-25-18-6-3-4-12-28(18)19)23-14-16-8-10-17(11-9-16)27-13-5-7-20(27)29;/h3-4,6,8-12H,2,5,7,13-15H2,1H3,(H2,22,23,24);1H. The summed E-state index contributed by atoms with van der Waals surface area (Å²) in [5.74, 6) is 1.75. The molecule has 1 aliphatic rings. The SMILES string of the molecule is CCNC(=NCc1ccc(N2CCCC2=O)cc1)NCc1nnc2ccccn12.I. The number of benzene rings is 1. The second-order valence-corrected chi connectivity index (χ2v) is 6.91. The number of guanidine groups is 1. The normalized spacial score (nSPS) is 14.1. The van der Waals surface area contributed by atoms with Crippen molar-refractivity contribution in [2.45, 2.75) is 32.9 Å². The van der Waals surface area contributed by atoms with Gasteiger partial charge in [-0.05, 0) is 43.2 Å². The Balaban J connectivity index is 0.00000256. The van der Waals surface area contributed by atoms with Gasteiger partial charge in [0.2, 0.25) is 5.91 Å². The largest absolute Gasteiger partial charge is 0.357 e. The molecule has 1 amide bonds. The number of nitrogens with one attached hydrogen (secondary N) is 2. The number of pyridine rings is 1. The second-order valence-electron chi connectivity index (χ2n) is 6.91. The highest BCUT2D eigenvalue weighted by molar-refractivity contribution is 14.0. The first kappa shape index (κ1) is 22.0. The number of nitrogens with zero attached hydrogens (tertiary/aromatic N) is 5. The summed E-state index contributed by atoms with van der Waals surface area (Å²) in [6.07, 6.45) is 3.53. The van der Waals surface area contributed by atoms with E-state index in [1.165, 1.54) is 0 Å². The summed E-state index contributed by atoms with van der Waals surface area (Å²) in [6.45, 7) is 4.67. The summed E-state index contributed by atoms with van der Waals surface area (Å²) < 4.78 is 1.95. The third kappa shape index (κ3) is 5.07. The summed E-state index contributed by atoms with van der Waals surface area (Å²) in [5, 5.41) is 15.0. The number of aliphatic imine (C=N–C) groups is 1. The molecule has 3 heterocycles. The molecule has 158 valence electrons. The molecule has 2 N–H and O–H groups in total. The average Bonchev–Trinajstić information content (AvgIpc) is 3.37. The molecule has 3 aromatic rings. The minimum Gasteiger partial charge on any atom is -0.357 e. The molecule has 2 aromatic heterocycles. The fourth-order valence-corrected chi connectivity index (χ4v) is 3.39. The van der Waals surface area contributed by atoms with Gasteiger partial charge in [0.1, 0.15) is 0 Å². The van der Waals surface area contributed by atoms with E-state index in [1.807, 2.05) is 64.9 Å². The van der Waals surface area contributed by atoms with E-state index in [9.17, 15) is 4.79 Å². The van der Waals surface area contributed by atoms with Crippen LogP contribution in [-0.2, 0) is 17.9 Å². The molecule has 0 saturated carbocycles. The van der Waals surface area contributed by atoms with E-state index >= 15 is 0 Å². The molecule has 0 spiro atoms. The van der Waals surface area contributed by atoms with Gasteiger partial charge < -0.3 is 15.5 Å². The Kier molecular flexibility index (Phi) is 7.61. The van der Waals surface area contributed by atoms with Crippen LogP contribution < -0.4 is 15.5 Å². The van der Waals surface area contributed by atoms with Gasteiger partial charge in [-0.2, -0.15) is 0 Å². The van der Waals surface area contributed by atoms with Crippen LogP contribution in [0.1, 0.15) is 31.2 Å². The van der Waals surface area contributed by atoms with Crippen LogP contribution in [0, 0.1) is 0 Å². The van der Waals surface area contributed by atoms with Gasteiger partial charge in [0.15, 0.2) is 17.4 Å². The van der Waals surface area contributed by atoms with E-state index in [1.54, 1.807) is 0 Å². The van der Waals surface area contributed by atoms with Gasteiger partial charge in [-0.3, -0.25) is 9.20 Å². The summed E-state index contributed by atoms with van der Waals surface area (Å²) in [6, 6.07) is 13.9. The molecule has 0 bridgehead atoms. The zero-order valence-electron chi connectivity index (χ0n) is 16.9. The molecule has 1 aromatic carbocycles. The summed E-state index contributed by atoms with van der Waals surface area (Å²) >= 11 is 0. The Morgan fingerprint density at radius 3 is 2.70 bits per heavy atom. The van der Waals surface area contributed by atoms with Crippen LogP contribution in [0.15, 0.2) is 53.7 Å². The molecule has 30 heavy (non-hydrogen) atoms. The quantitative estimate of drug-likeness (QED) is 0.297. The molecule has 1 fully saturated rings. The van der Waals surface area contributed by atoms with E-state index < -0.39 is 0 Å². The Labute approximate surface area is 192 Å².